The van der Waals surface area contributed by atoms with E-state index < -0.39 is 5.91 Å². The van der Waals surface area contributed by atoms with Crippen molar-refractivity contribution in [2.45, 2.75) is 20.3 Å². The van der Waals surface area contributed by atoms with E-state index in [-0.39, 0.29) is 5.57 Å². The Bertz CT molecular complexity index is 851. The number of rotatable bonds is 7. The Morgan fingerprint density at radius 1 is 1.23 bits per heavy atom. The van der Waals surface area contributed by atoms with Gasteiger partial charge in [0.15, 0.2) is 11.5 Å². The zero-order valence-electron chi connectivity index (χ0n) is 15.2. The van der Waals surface area contributed by atoms with Crippen LogP contribution >= 0.6 is 0 Å². The molecule has 0 atom stereocenters. The summed E-state index contributed by atoms with van der Waals surface area (Å²) in [6.45, 7) is 4.51. The Balaban J connectivity index is 2.23. The van der Waals surface area contributed by atoms with E-state index in [4.69, 9.17) is 9.47 Å². The van der Waals surface area contributed by atoms with Crippen molar-refractivity contribution < 1.29 is 14.3 Å². The molecule has 0 unspecified atom stereocenters. The number of ether oxygens (including phenoxy) is 2. The van der Waals surface area contributed by atoms with Gasteiger partial charge in [0.05, 0.1) is 13.7 Å². The number of carbonyl (C=O) groups is 1. The molecule has 1 amide bonds. The number of anilines is 1. The van der Waals surface area contributed by atoms with Crippen LogP contribution < -0.4 is 14.8 Å². The number of nitriles is 1. The van der Waals surface area contributed by atoms with Crippen LogP contribution in [-0.4, -0.2) is 19.6 Å². The van der Waals surface area contributed by atoms with E-state index in [1.54, 1.807) is 31.4 Å². The SMILES string of the molecule is CCCOc1ccc(/C=C(\C#N)C(=O)Nc2ccccc2C)cc1OC. The molecule has 0 heterocycles. The number of nitrogens with one attached hydrogen (secondary N) is 1. The highest BCUT2D eigenvalue weighted by Crippen LogP contribution is 2.29. The molecule has 0 aliphatic heterocycles. The second kappa shape index (κ2) is 9.28. The minimum Gasteiger partial charge on any atom is -0.493 e. The van der Waals surface area contributed by atoms with Crippen LogP contribution in [0, 0.1) is 18.3 Å². The van der Waals surface area contributed by atoms with Gasteiger partial charge in [-0.15, -0.1) is 0 Å². The minimum absolute atomic E-state index is 0.0116. The molecule has 2 aromatic rings. The fraction of sp³-hybridized carbons (Fsp3) is 0.238. The lowest BCUT2D eigenvalue weighted by molar-refractivity contribution is -0.112. The van der Waals surface area contributed by atoms with E-state index in [0.717, 1.165) is 12.0 Å². The van der Waals surface area contributed by atoms with Gasteiger partial charge in [-0.25, -0.2) is 0 Å². The lowest BCUT2D eigenvalue weighted by atomic mass is 10.1. The molecule has 0 aromatic heterocycles. The van der Waals surface area contributed by atoms with Crippen molar-refractivity contribution in [2.75, 3.05) is 19.0 Å². The van der Waals surface area contributed by atoms with Crippen molar-refractivity contribution >= 4 is 17.7 Å². The van der Waals surface area contributed by atoms with Crippen molar-refractivity contribution in [1.82, 2.24) is 0 Å². The van der Waals surface area contributed by atoms with Crippen molar-refractivity contribution in [2.24, 2.45) is 0 Å². The highest BCUT2D eigenvalue weighted by Gasteiger charge is 2.12. The van der Waals surface area contributed by atoms with Gasteiger partial charge in [-0.1, -0.05) is 31.2 Å². The van der Waals surface area contributed by atoms with Crippen LogP contribution in [0.15, 0.2) is 48.0 Å². The minimum atomic E-state index is -0.452. The Kier molecular flexibility index (Phi) is 6.81. The van der Waals surface area contributed by atoms with Crippen LogP contribution in [0.5, 0.6) is 11.5 Å². The molecule has 26 heavy (non-hydrogen) atoms. The highest BCUT2D eigenvalue weighted by molar-refractivity contribution is 6.10. The monoisotopic (exact) mass is 350 g/mol. The number of para-hydroxylation sites is 1. The number of hydrogen-bond acceptors (Lipinski definition) is 4. The van der Waals surface area contributed by atoms with E-state index in [2.05, 4.69) is 5.32 Å². The van der Waals surface area contributed by atoms with Crippen molar-refractivity contribution in [3.8, 4) is 17.6 Å². The highest BCUT2D eigenvalue weighted by atomic mass is 16.5. The number of methoxy groups -OCH3 is 1. The zero-order chi connectivity index (χ0) is 18.9. The second-order valence-corrected chi connectivity index (χ2v) is 5.70. The molecule has 0 saturated heterocycles. The largest absolute Gasteiger partial charge is 0.493 e. The molecule has 5 heteroatoms. The maximum atomic E-state index is 12.4. The summed E-state index contributed by atoms with van der Waals surface area (Å²) in [7, 11) is 1.55. The van der Waals surface area contributed by atoms with Gasteiger partial charge in [0, 0.05) is 5.69 Å². The predicted molar refractivity (Wildman–Crippen MR) is 102 cm³/mol. The van der Waals surface area contributed by atoms with E-state index in [1.165, 1.54) is 6.08 Å². The predicted octanol–water partition coefficient (Wildman–Crippen LogP) is 4.34. The molecule has 0 fully saturated rings. The van der Waals surface area contributed by atoms with Gasteiger partial charge in [0.25, 0.3) is 5.91 Å². The summed E-state index contributed by atoms with van der Waals surface area (Å²) >= 11 is 0. The lowest BCUT2D eigenvalue weighted by Crippen LogP contribution is -2.14. The van der Waals surface area contributed by atoms with Gasteiger partial charge in [0.1, 0.15) is 11.6 Å². The normalized spacial score (nSPS) is 10.8. The average Bonchev–Trinajstić information content (AvgIpc) is 2.66. The Morgan fingerprint density at radius 3 is 2.65 bits per heavy atom. The number of nitrogens with zero attached hydrogens (tertiary/aromatic N) is 1. The lowest BCUT2D eigenvalue weighted by Gasteiger charge is -2.11. The molecule has 0 aliphatic rings. The first kappa shape index (κ1) is 19.1. The third-order valence-electron chi connectivity index (χ3n) is 3.72. The summed E-state index contributed by atoms with van der Waals surface area (Å²) in [6, 6.07) is 14.7. The summed E-state index contributed by atoms with van der Waals surface area (Å²) in [5, 5.41) is 12.1. The van der Waals surface area contributed by atoms with Crippen LogP contribution in [0.3, 0.4) is 0 Å². The summed E-state index contributed by atoms with van der Waals surface area (Å²) < 4.78 is 10.9. The number of amides is 1. The van der Waals surface area contributed by atoms with Crippen LogP contribution in [0.1, 0.15) is 24.5 Å². The molecule has 0 saturated carbocycles. The molecule has 0 aliphatic carbocycles. The maximum absolute atomic E-state index is 12.4. The van der Waals surface area contributed by atoms with Gasteiger partial charge in [-0.05, 0) is 48.7 Å². The van der Waals surface area contributed by atoms with Gasteiger partial charge in [0.2, 0.25) is 0 Å². The van der Waals surface area contributed by atoms with Crippen molar-refractivity contribution in [3.05, 3.63) is 59.2 Å². The molecule has 0 radical (unpaired) electrons. The van der Waals surface area contributed by atoms with Crippen molar-refractivity contribution in [1.29, 1.82) is 5.26 Å². The topological polar surface area (TPSA) is 71.3 Å². The smallest absolute Gasteiger partial charge is 0.266 e. The first-order chi connectivity index (χ1) is 12.6. The molecular weight excluding hydrogens is 328 g/mol. The van der Waals surface area contributed by atoms with Gasteiger partial charge < -0.3 is 14.8 Å². The first-order valence-electron chi connectivity index (χ1n) is 8.38. The number of aryl methyl sites for hydroxylation is 1. The van der Waals surface area contributed by atoms with Crippen LogP contribution in [0.4, 0.5) is 5.69 Å². The third-order valence-corrected chi connectivity index (χ3v) is 3.72. The van der Waals surface area contributed by atoms with Crippen LogP contribution in [-0.2, 0) is 4.79 Å². The van der Waals surface area contributed by atoms with Gasteiger partial charge in [-0.2, -0.15) is 5.26 Å². The Labute approximate surface area is 153 Å². The fourth-order valence-electron chi connectivity index (χ4n) is 2.32. The van der Waals surface area contributed by atoms with Gasteiger partial charge in [-0.3, -0.25) is 4.79 Å². The number of benzene rings is 2. The molecule has 1 N–H and O–H groups in total. The Hall–Kier alpha value is -3.26. The molecular formula is C21H22N2O3. The van der Waals surface area contributed by atoms with Crippen LogP contribution in [0.2, 0.25) is 0 Å². The van der Waals surface area contributed by atoms with E-state index in [1.807, 2.05) is 38.1 Å². The van der Waals surface area contributed by atoms with E-state index in [9.17, 15) is 10.1 Å². The standard InChI is InChI=1S/C21H22N2O3/c1-4-11-26-19-10-9-16(13-20(19)25-3)12-17(14-22)21(24)23-18-8-6-5-7-15(18)2/h5-10,12-13H,4,11H2,1-3H3,(H,23,24)/b17-12+. The fourth-order valence-corrected chi connectivity index (χ4v) is 2.32. The zero-order valence-corrected chi connectivity index (χ0v) is 15.2. The third kappa shape index (κ3) is 4.87. The molecule has 0 bridgehead atoms. The van der Waals surface area contributed by atoms with E-state index in [0.29, 0.717) is 29.4 Å². The number of carbonyl (C=O) groups excluding carboxylic acids is 1. The molecule has 0 spiro atoms. The summed E-state index contributed by atoms with van der Waals surface area (Å²) in [4.78, 5) is 12.4. The molecule has 5 nitrogen and oxygen atoms in total. The second-order valence-electron chi connectivity index (χ2n) is 5.70. The molecule has 2 aromatic carbocycles. The first-order valence-corrected chi connectivity index (χ1v) is 8.38. The van der Waals surface area contributed by atoms with Crippen LogP contribution in [0.25, 0.3) is 6.08 Å². The Morgan fingerprint density at radius 2 is 2.00 bits per heavy atom. The quantitative estimate of drug-likeness (QED) is 0.596. The molecule has 134 valence electrons. The summed E-state index contributed by atoms with van der Waals surface area (Å²) in [6.07, 6.45) is 2.42. The summed E-state index contributed by atoms with van der Waals surface area (Å²) in [5.41, 5.74) is 2.30. The average molecular weight is 350 g/mol. The molecule has 2 rings (SSSR count). The van der Waals surface area contributed by atoms with E-state index >= 15 is 0 Å². The maximum Gasteiger partial charge on any atom is 0.266 e. The summed E-state index contributed by atoms with van der Waals surface area (Å²) in [5.74, 6) is 0.741. The van der Waals surface area contributed by atoms with Gasteiger partial charge >= 0.3 is 0 Å². The van der Waals surface area contributed by atoms with Crippen molar-refractivity contribution in [3.63, 3.8) is 0 Å². The number of hydrogen-bond donors (Lipinski definition) is 1.